The number of hydrogen-bond donors (Lipinski definition) is 0. The number of halogens is 2. The van der Waals surface area contributed by atoms with Crippen LogP contribution in [0.4, 0.5) is 0 Å². The maximum atomic E-state index is 11.5. The largest absolute Gasteiger partial charge is 0.464 e. The van der Waals surface area contributed by atoms with Crippen molar-refractivity contribution in [3.8, 4) is 0 Å². The number of rotatable bonds is 10. The zero-order chi connectivity index (χ0) is 14.7. The monoisotopic (exact) mass is 334 g/mol. The fourth-order valence-electron chi connectivity index (χ4n) is 1.03. The van der Waals surface area contributed by atoms with Crippen molar-refractivity contribution in [3.63, 3.8) is 0 Å². The highest BCUT2D eigenvalue weighted by Gasteiger charge is 2.16. The summed E-state index contributed by atoms with van der Waals surface area (Å²) in [5.74, 6) is -1.67. The van der Waals surface area contributed by atoms with Crippen LogP contribution in [0.2, 0.25) is 0 Å². The summed E-state index contributed by atoms with van der Waals surface area (Å²) in [5, 5.41) is 0. The molecule has 0 spiro atoms. The van der Waals surface area contributed by atoms with Gasteiger partial charge in [-0.3, -0.25) is 9.59 Å². The molecular weight excluding hydrogens is 319 g/mol. The second-order valence-corrected chi connectivity index (χ2v) is 6.53. The van der Waals surface area contributed by atoms with Gasteiger partial charge in [0.25, 0.3) is 0 Å². The van der Waals surface area contributed by atoms with Crippen LogP contribution in [0.25, 0.3) is 0 Å². The summed E-state index contributed by atoms with van der Waals surface area (Å²) < 4.78 is 32.3. The van der Waals surface area contributed by atoms with Gasteiger partial charge in [0.15, 0.2) is 9.84 Å². The molecule has 0 saturated heterocycles. The minimum atomic E-state index is -3.49. The van der Waals surface area contributed by atoms with Crippen molar-refractivity contribution < 1.29 is 27.5 Å². The number of sulfone groups is 1. The van der Waals surface area contributed by atoms with Crippen molar-refractivity contribution in [1.82, 2.24) is 0 Å². The van der Waals surface area contributed by atoms with Gasteiger partial charge >= 0.3 is 11.9 Å². The Morgan fingerprint density at radius 3 is 1.53 bits per heavy atom. The van der Waals surface area contributed by atoms with E-state index in [1.807, 2.05) is 0 Å². The molecule has 0 aromatic heterocycles. The van der Waals surface area contributed by atoms with E-state index in [1.54, 1.807) is 0 Å². The molecule has 9 heteroatoms. The van der Waals surface area contributed by atoms with E-state index >= 15 is 0 Å². The summed E-state index contributed by atoms with van der Waals surface area (Å²) in [4.78, 5) is 22.2. The van der Waals surface area contributed by atoms with Crippen LogP contribution in [0.3, 0.4) is 0 Å². The van der Waals surface area contributed by atoms with Crippen LogP contribution >= 0.6 is 23.2 Å². The number of hydrogen-bond acceptors (Lipinski definition) is 6. The lowest BCUT2D eigenvalue weighted by Gasteiger charge is -2.05. The van der Waals surface area contributed by atoms with E-state index in [0.717, 1.165) is 0 Å². The zero-order valence-corrected chi connectivity index (χ0v) is 12.6. The van der Waals surface area contributed by atoms with Crippen LogP contribution in [0, 0.1) is 0 Å². The molecule has 0 saturated carbocycles. The lowest BCUT2D eigenvalue weighted by molar-refractivity contribution is -0.143. The summed E-state index contributed by atoms with van der Waals surface area (Å²) in [5.41, 5.74) is 0. The van der Waals surface area contributed by atoms with Gasteiger partial charge in [0.05, 0.1) is 36.1 Å². The van der Waals surface area contributed by atoms with Gasteiger partial charge in [-0.2, -0.15) is 0 Å². The third-order valence-electron chi connectivity index (χ3n) is 1.91. The molecule has 0 heterocycles. The minimum absolute atomic E-state index is 0.0468. The van der Waals surface area contributed by atoms with E-state index in [0.29, 0.717) is 0 Å². The smallest absolute Gasteiger partial charge is 0.306 e. The number of alkyl halides is 2. The predicted molar refractivity (Wildman–Crippen MR) is 71.2 cm³/mol. The summed E-state index contributed by atoms with van der Waals surface area (Å²) in [7, 11) is -3.49. The highest BCUT2D eigenvalue weighted by molar-refractivity contribution is 7.91. The van der Waals surface area contributed by atoms with Crippen molar-refractivity contribution in [2.24, 2.45) is 0 Å². The average Bonchev–Trinajstić information content (AvgIpc) is 2.38. The van der Waals surface area contributed by atoms with Crippen LogP contribution in [0.5, 0.6) is 0 Å². The number of esters is 2. The summed E-state index contributed by atoms with van der Waals surface area (Å²) in [6.07, 6.45) is -0.508. The Morgan fingerprint density at radius 1 is 0.842 bits per heavy atom. The Labute approximate surface area is 122 Å². The normalized spacial score (nSPS) is 11.1. The lowest BCUT2D eigenvalue weighted by atomic mass is 10.5. The quantitative estimate of drug-likeness (QED) is 0.432. The minimum Gasteiger partial charge on any atom is -0.464 e. The Bertz CT molecular complexity index is 351. The van der Waals surface area contributed by atoms with Crippen LogP contribution < -0.4 is 0 Å². The number of ether oxygens (including phenoxy) is 2. The van der Waals surface area contributed by atoms with Crippen molar-refractivity contribution in [1.29, 1.82) is 0 Å². The van der Waals surface area contributed by atoms with Crippen LogP contribution in [0.1, 0.15) is 12.8 Å². The van der Waals surface area contributed by atoms with Gasteiger partial charge in [0, 0.05) is 0 Å². The third kappa shape index (κ3) is 11.0. The predicted octanol–water partition coefficient (Wildman–Crippen LogP) is 0.745. The molecule has 0 atom stereocenters. The molecule has 0 bridgehead atoms. The highest BCUT2D eigenvalue weighted by atomic mass is 35.5. The van der Waals surface area contributed by atoms with Gasteiger partial charge < -0.3 is 9.47 Å². The molecule has 0 rings (SSSR count). The molecule has 0 aromatic rings. The molecular formula is C10H16Cl2O6S. The van der Waals surface area contributed by atoms with Crippen molar-refractivity contribution in [3.05, 3.63) is 0 Å². The van der Waals surface area contributed by atoms with Crippen LogP contribution in [-0.2, 0) is 28.9 Å². The Balaban J connectivity index is 3.92. The van der Waals surface area contributed by atoms with Crippen LogP contribution in [-0.4, -0.2) is 56.8 Å². The molecule has 0 unspecified atom stereocenters. The molecule has 0 aliphatic heterocycles. The lowest BCUT2D eigenvalue weighted by Crippen LogP contribution is -2.19. The van der Waals surface area contributed by atoms with Crippen molar-refractivity contribution in [2.45, 2.75) is 12.8 Å². The van der Waals surface area contributed by atoms with Gasteiger partial charge in [-0.15, -0.1) is 23.2 Å². The van der Waals surface area contributed by atoms with E-state index < -0.39 is 21.8 Å². The first-order valence-corrected chi connectivity index (χ1v) is 8.44. The van der Waals surface area contributed by atoms with E-state index in [9.17, 15) is 18.0 Å². The second-order valence-electron chi connectivity index (χ2n) is 3.47. The number of carbonyl (C=O) groups excluding carboxylic acids is 2. The van der Waals surface area contributed by atoms with Gasteiger partial charge in [-0.1, -0.05) is 0 Å². The summed E-state index contributed by atoms with van der Waals surface area (Å²) in [6, 6.07) is 0. The Hall–Kier alpha value is -0.530. The molecule has 0 amide bonds. The fourth-order valence-corrected chi connectivity index (χ4v) is 2.34. The maximum absolute atomic E-state index is 11.5. The SMILES string of the molecule is O=C(CCS(=O)(=O)CCC(=O)OCCCl)OCCCl. The first-order chi connectivity index (χ1) is 8.91. The molecule has 0 fully saturated rings. The van der Waals surface area contributed by atoms with E-state index in [1.165, 1.54) is 0 Å². The fraction of sp³-hybridized carbons (Fsp3) is 0.800. The van der Waals surface area contributed by atoms with E-state index in [4.69, 9.17) is 23.2 Å². The number of carbonyl (C=O) groups is 2. The average molecular weight is 335 g/mol. The highest BCUT2D eigenvalue weighted by Crippen LogP contribution is 2.00. The maximum Gasteiger partial charge on any atom is 0.306 e. The van der Waals surface area contributed by atoms with E-state index in [-0.39, 0.29) is 49.3 Å². The topological polar surface area (TPSA) is 86.7 Å². The molecule has 0 aliphatic carbocycles. The van der Waals surface area contributed by atoms with Crippen molar-refractivity contribution in [2.75, 3.05) is 36.5 Å². The second kappa shape index (κ2) is 10.3. The van der Waals surface area contributed by atoms with E-state index in [2.05, 4.69) is 9.47 Å². The van der Waals surface area contributed by atoms with Gasteiger partial charge in [-0.05, 0) is 0 Å². The third-order valence-corrected chi connectivity index (χ3v) is 3.88. The van der Waals surface area contributed by atoms with Gasteiger partial charge in [0.2, 0.25) is 0 Å². The molecule has 112 valence electrons. The zero-order valence-electron chi connectivity index (χ0n) is 10.3. The molecule has 0 aliphatic rings. The van der Waals surface area contributed by atoms with Gasteiger partial charge in [0.1, 0.15) is 13.2 Å². The molecule has 0 aromatic carbocycles. The molecule has 0 N–H and O–H groups in total. The van der Waals surface area contributed by atoms with Crippen LogP contribution in [0.15, 0.2) is 0 Å². The first-order valence-electron chi connectivity index (χ1n) is 5.55. The summed E-state index contributed by atoms with van der Waals surface area (Å²) in [6.45, 7) is 0.0936. The first kappa shape index (κ1) is 18.5. The molecule has 6 nitrogen and oxygen atoms in total. The van der Waals surface area contributed by atoms with Gasteiger partial charge in [-0.25, -0.2) is 8.42 Å². The molecule has 19 heavy (non-hydrogen) atoms. The Kier molecular flexibility index (Phi) is 9.99. The standard InChI is InChI=1S/C10H16Cl2O6S/c11-3-5-17-9(13)1-7-19(15,16)8-2-10(14)18-6-4-12/h1-8H2. The molecule has 0 radical (unpaired) electrons. The summed E-state index contributed by atoms with van der Waals surface area (Å²) >= 11 is 10.6. The Morgan fingerprint density at radius 2 is 1.21 bits per heavy atom. The van der Waals surface area contributed by atoms with Crippen molar-refractivity contribution >= 4 is 45.0 Å².